The topological polar surface area (TPSA) is 140 Å². The minimum Gasteiger partial charge on any atom is -0.382 e. The van der Waals surface area contributed by atoms with Gasteiger partial charge in [0, 0.05) is 6.54 Å². The van der Waals surface area contributed by atoms with Gasteiger partial charge in [-0.1, -0.05) is 24.3 Å². The van der Waals surface area contributed by atoms with Gasteiger partial charge in [-0.25, -0.2) is 9.37 Å². The van der Waals surface area contributed by atoms with Gasteiger partial charge in [0.15, 0.2) is 5.82 Å². The van der Waals surface area contributed by atoms with Crippen molar-refractivity contribution in [3.63, 3.8) is 0 Å². The van der Waals surface area contributed by atoms with Gasteiger partial charge in [0.25, 0.3) is 5.56 Å². The molecule has 9 nitrogen and oxygen atoms in total. The van der Waals surface area contributed by atoms with Crippen LogP contribution in [-0.4, -0.2) is 26.1 Å². The highest BCUT2D eigenvalue weighted by Crippen LogP contribution is 2.38. The number of para-hydroxylation sites is 1. The number of halogens is 1. The van der Waals surface area contributed by atoms with E-state index in [1.54, 1.807) is 30.3 Å². The molecular weight excluding hydrogens is 423 g/mol. The highest BCUT2D eigenvalue weighted by atomic mass is 19.1. The molecule has 2 aromatic carbocycles. The average Bonchev–Trinajstić information content (AvgIpc) is 3.28. The molecule has 1 aliphatic rings. The van der Waals surface area contributed by atoms with E-state index in [1.807, 2.05) is 17.0 Å². The molecule has 0 unspecified atom stereocenters. The number of fused-ring (bicyclic) bond motifs is 1. The molecule has 1 atom stereocenters. The predicted octanol–water partition coefficient (Wildman–Crippen LogP) is 2.69. The van der Waals surface area contributed by atoms with Crippen molar-refractivity contribution in [2.24, 2.45) is 0 Å². The lowest BCUT2D eigenvalue weighted by Gasteiger charge is -2.28. The Kier molecular flexibility index (Phi) is 4.86. The van der Waals surface area contributed by atoms with E-state index >= 15 is 0 Å². The Bertz CT molecular complexity index is 1480. The van der Waals surface area contributed by atoms with E-state index < -0.39 is 17.4 Å². The van der Waals surface area contributed by atoms with Crippen molar-refractivity contribution in [1.82, 2.24) is 19.5 Å². The van der Waals surface area contributed by atoms with Crippen LogP contribution in [0.25, 0.3) is 16.6 Å². The fourth-order valence-corrected chi connectivity index (χ4v) is 4.34. The first-order valence-electron chi connectivity index (χ1n) is 10.4. The minimum absolute atomic E-state index is 0.0142. The number of aromatic nitrogens is 4. The summed E-state index contributed by atoms with van der Waals surface area (Å²) in [5.74, 6) is 0.00745. The lowest BCUT2D eigenvalue weighted by atomic mass is 10.1. The van der Waals surface area contributed by atoms with Gasteiger partial charge in [0.1, 0.15) is 34.5 Å². The predicted molar refractivity (Wildman–Crippen MR) is 122 cm³/mol. The lowest BCUT2D eigenvalue weighted by molar-refractivity contribution is 0.621. The zero-order chi connectivity index (χ0) is 23.1. The van der Waals surface area contributed by atoms with Crippen molar-refractivity contribution in [1.29, 1.82) is 5.26 Å². The molecular formula is C23H19FN8O. The Labute approximate surface area is 187 Å². The summed E-state index contributed by atoms with van der Waals surface area (Å²) in [7, 11) is 0. The third kappa shape index (κ3) is 3.30. The summed E-state index contributed by atoms with van der Waals surface area (Å²) in [4.78, 5) is 28.3. The summed E-state index contributed by atoms with van der Waals surface area (Å²) in [6.07, 6.45) is 1.39. The van der Waals surface area contributed by atoms with Gasteiger partial charge in [-0.3, -0.25) is 9.36 Å². The molecule has 0 bridgehead atoms. The van der Waals surface area contributed by atoms with Crippen molar-refractivity contribution >= 4 is 28.5 Å². The zero-order valence-corrected chi connectivity index (χ0v) is 17.4. The molecule has 3 heterocycles. The van der Waals surface area contributed by atoms with Crippen LogP contribution in [0.2, 0.25) is 0 Å². The van der Waals surface area contributed by atoms with Crippen molar-refractivity contribution in [3.05, 3.63) is 76.1 Å². The van der Waals surface area contributed by atoms with Crippen LogP contribution >= 0.6 is 0 Å². The maximum Gasteiger partial charge on any atom is 0.269 e. The van der Waals surface area contributed by atoms with Gasteiger partial charge in [-0.2, -0.15) is 15.2 Å². The number of hydrogen-bond acceptors (Lipinski definition) is 8. The molecule has 1 aliphatic heterocycles. The molecule has 4 aromatic rings. The summed E-state index contributed by atoms with van der Waals surface area (Å²) in [6, 6.07) is 14.9. The maximum atomic E-state index is 14.6. The van der Waals surface area contributed by atoms with Crippen molar-refractivity contribution in [2.75, 3.05) is 22.9 Å². The molecule has 0 spiro atoms. The number of nitrogens with two attached hydrogens (primary N) is 2. The largest absolute Gasteiger partial charge is 0.382 e. The molecule has 1 saturated heterocycles. The van der Waals surface area contributed by atoms with Crippen LogP contribution in [0.4, 0.5) is 22.0 Å². The van der Waals surface area contributed by atoms with Crippen LogP contribution in [0, 0.1) is 17.1 Å². The number of hydrogen-bond donors (Lipinski definition) is 2. The minimum atomic E-state index is -0.632. The molecule has 0 saturated carbocycles. The lowest BCUT2D eigenvalue weighted by Crippen LogP contribution is -2.33. The van der Waals surface area contributed by atoms with Gasteiger partial charge in [-0.15, -0.1) is 0 Å². The van der Waals surface area contributed by atoms with Crippen LogP contribution in [0.15, 0.2) is 53.3 Å². The summed E-state index contributed by atoms with van der Waals surface area (Å²) >= 11 is 0. The summed E-state index contributed by atoms with van der Waals surface area (Å²) in [6.45, 7) is 0.543. The number of nitriles is 1. The molecule has 4 N–H and O–H groups in total. The van der Waals surface area contributed by atoms with E-state index in [9.17, 15) is 14.4 Å². The second kappa shape index (κ2) is 7.87. The summed E-state index contributed by atoms with van der Waals surface area (Å²) < 4.78 is 16.1. The fraction of sp³-hybridized carbons (Fsp3) is 0.174. The second-order valence-corrected chi connectivity index (χ2v) is 7.71. The first-order chi connectivity index (χ1) is 16.0. The van der Waals surface area contributed by atoms with Gasteiger partial charge >= 0.3 is 0 Å². The first kappa shape index (κ1) is 20.4. The third-order valence-corrected chi connectivity index (χ3v) is 5.76. The molecule has 10 heteroatoms. The SMILES string of the molecule is N#Cc1c(N)nc(N)nc1N1CCC[C@H]1c1nc2cccc(F)c2c(=O)n1-c1ccccc1. The fourth-order valence-electron chi connectivity index (χ4n) is 4.34. The Hall–Kier alpha value is -4.52. The Morgan fingerprint density at radius 3 is 2.61 bits per heavy atom. The number of benzene rings is 2. The van der Waals surface area contributed by atoms with Gasteiger partial charge in [-0.05, 0) is 37.1 Å². The highest BCUT2D eigenvalue weighted by molar-refractivity contribution is 5.79. The number of rotatable bonds is 3. The maximum absolute atomic E-state index is 14.6. The van der Waals surface area contributed by atoms with Crippen LogP contribution in [0.1, 0.15) is 30.3 Å². The molecule has 0 aliphatic carbocycles. The normalized spacial score (nSPS) is 15.6. The smallest absolute Gasteiger partial charge is 0.269 e. The average molecular weight is 442 g/mol. The van der Waals surface area contributed by atoms with Crippen molar-refractivity contribution in [3.8, 4) is 11.8 Å². The van der Waals surface area contributed by atoms with Gasteiger partial charge < -0.3 is 16.4 Å². The molecule has 164 valence electrons. The standard InChI is InChI=1S/C23H19FN8O/c24-15-8-4-9-16-18(15)22(33)32(13-6-2-1-3-7-13)21(28-16)17-10-5-11-31(17)20-14(12-25)19(26)29-23(27)30-20/h1-4,6-9,17H,5,10-11H2,(H4,26,27,29,30)/t17-/m0/s1. The number of nitrogens with zero attached hydrogens (tertiary/aromatic N) is 6. The van der Waals surface area contributed by atoms with Gasteiger partial charge in [0.2, 0.25) is 5.95 Å². The van der Waals surface area contributed by atoms with E-state index in [4.69, 9.17) is 16.5 Å². The van der Waals surface area contributed by atoms with E-state index in [0.717, 1.165) is 6.42 Å². The van der Waals surface area contributed by atoms with Crippen LogP contribution in [0.3, 0.4) is 0 Å². The molecule has 0 amide bonds. The van der Waals surface area contributed by atoms with E-state index in [1.165, 1.54) is 16.7 Å². The number of anilines is 3. The Morgan fingerprint density at radius 1 is 1.06 bits per heavy atom. The van der Waals surface area contributed by atoms with Crippen LogP contribution in [-0.2, 0) is 0 Å². The number of nitrogen functional groups attached to an aromatic ring is 2. The highest BCUT2D eigenvalue weighted by Gasteiger charge is 2.34. The van der Waals surface area contributed by atoms with E-state index in [0.29, 0.717) is 24.5 Å². The van der Waals surface area contributed by atoms with Crippen LogP contribution < -0.4 is 21.9 Å². The third-order valence-electron chi connectivity index (χ3n) is 5.76. The molecule has 5 rings (SSSR count). The Balaban J connectivity index is 1.79. The second-order valence-electron chi connectivity index (χ2n) is 7.71. The monoisotopic (exact) mass is 442 g/mol. The quantitative estimate of drug-likeness (QED) is 0.494. The van der Waals surface area contributed by atoms with Crippen LogP contribution in [0.5, 0.6) is 0 Å². The first-order valence-corrected chi connectivity index (χ1v) is 10.4. The van der Waals surface area contributed by atoms with Gasteiger partial charge in [0.05, 0.1) is 17.2 Å². The van der Waals surface area contributed by atoms with Crippen molar-refractivity contribution in [2.45, 2.75) is 18.9 Å². The Morgan fingerprint density at radius 2 is 1.85 bits per heavy atom. The molecule has 33 heavy (non-hydrogen) atoms. The summed E-state index contributed by atoms with van der Waals surface area (Å²) in [5.41, 5.74) is 12.2. The molecule has 2 aromatic heterocycles. The summed E-state index contributed by atoms with van der Waals surface area (Å²) in [5, 5.41) is 9.59. The molecule has 1 fully saturated rings. The van der Waals surface area contributed by atoms with E-state index in [-0.39, 0.29) is 34.1 Å². The van der Waals surface area contributed by atoms with Crippen molar-refractivity contribution < 1.29 is 4.39 Å². The van der Waals surface area contributed by atoms with E-state index in [2.05, 4.69) is 9.97 Å². The molecule has 0 radical (unpaired) electrons. The zero-order valence-electron chi connectivity index (χ0n) is 17.4.